The van der Waals surface area contributed by atoms with Crippen LogP contribution in [0.1, 0.15) is 12.0 Å². The van der Waals surface area contributed by atoms with Crippen molar-refractivity contribution in [2.24, 2.45) is 5.92 Å². The summed E-state index contributed by atoms with van der Waals surface area (Å²) in [6, 6.07) is 11.6. The normalized spacial score (nSPS) is 27.8. The molecule has 1 aromatic carbocycles. The molecule has 0 radical (unpaired) electrons. The number of benzene rings is 1. The van der Waals surface area contributed by atoms with E-state index < -0.39 is 0 Å². The Morgan fingerprint density at radius 3 is 2.84 bits per heavy atom. The van der Waals surface area contributed by atoms with E-state index >= 15 is 0 Å². The van der Waals surface area contributed by atoms with Crippen molar-refractivity contribution < 1.29 is 4.74 Å². The summed E-state index contributed by atoms with van der Waals surface area (Å²) in [4.78, 5) is 5.24. The molecule has 3 heteroatoms. The third-order valence-electron chi connectivity index (χ3n) is 4.58. The van der Waals surface area contributed by atoms with E-state index in [2.05, 4.69) is 40.1 Å². The molecule has 3 nitrogen and oxygen atoms in total. The average molecular weight is 260 g/mol. The van der Waals surface area contributed by atoms with Crippen LogP contribution < -0.4 is 0 Å². The SMILES string of the molecule is COCCN1CC2CCN(Cc3ccccc3)C2C1. The van der Waals surface area contributed by atoms with Gasteiger partial charge in [0.15, 0.2) is 0 Å². The fraction of sp³-hybridized carbons (Fsp3) is 0.625. The van der Waals surface area contributed by atoms with Crippen LogP contribution in [0.5, 0.6) is 0 Å². The molecule has 2 aliphatic rings. The zero-order chi connectivity index (χ0) is 13.1. The van der Waals surface area contributed by atoms with E-state index in [-0.39, 0.29) is 0 Å². The molecule has 2 saturated heterocycles. The highest BCUT2D eigenvalue weighted by Crippen LogP contribution is 2.32. The van der Waals surface area contributed by atoms with Crippen molar-refractivity contribution in [3.8, 4) is 0 Å². The van der Waals surface area contributed by atoms with Crippen molar-refractivity contribution >= 4 is 0 Å². The Balaban J connectivity index is 1.57. The minimum absolute atomic E-state index is 0.761. The molecule has 0 saturated carbocycles. The Labute approximate surface area is 116 Å². The molecule has 0 N–H and O–H groups in total. The van der Waals surface area contributed by atoms with Crippen molar-refractivity contribution in [3.05, 3.63) is 35.9 Å². The third-order valence-corrected chi connectivity index (χ3v) is 4.58. The topological polar surface area (TPSA) is 15.7 Å². The minimum Gasteiger partial charge on any atom is -0.383 e. The summed E-state index contributed by atoms with van der Waals surface area (Å²) in [6.07, 6.45) is 1.36. The summed E-state index contributed by atoms with van der Waals surface area (Å²) in [5, 5.41) is 0. The number of ether oxygens (including phenoxy) is 1. The smallest absolute Gasteiger partial charge is 0.0589 e. The third kappa shape index (κ3) is 2.99. The van der Waals surface area contributed by atoms with E-state index in [1.165, 1.54) is 31.6 Å². The summed E-state index contributed by atoms with van der Waals surface area (Å²) in [7, 11) is 1.79. The molecule has 2 atom stereocenters. The highest BCUT2D eigenvalue weighted by Gasteiger charge is 2.40. The maximum absolute atomic E-state index is 5.19. The van der Waals surface area contributed by atoms with Crippen LogP contribution in [-0.4, -0.2) is 55.7 Å². The van der Waals surface area contributed by atoms with Crippen molar-refractivity contribution in [3.63, 3.8) is 0 Å². The lowest BCUT2D eigenvalue weighted by atomic mass is 10.0. The number of hydrogen-bond acceptors (Lipinski definition) is 3. The first-order chi connectivity index (χ1) is 9.36. The molecule has 0 amide bonds. The lowest BCUT2D eigenvalue weighted by Crippen LogP contribution is -2.35. The Bertz CT molecular complexity index is 395. The Kier molecular flexibility index (Phi) is 4.16. The molecule has 2 unspecified atom stereocenters. The van der Waals surface area contributed by atoms with Gasteiger partial charge in [0.05, 0.1) is 6.61 Å². The first-order valence-corrected chi connectivity index (χ1v) is 7.36. The fourth-order valence-electron chi connectivity index (χ4n) is 3.55. The molecular formula is C16H24N2O. The molecule has 2 fully saturated rings. The number of nitrogens with zero attached hydrogens (tertiary/aromatic N) is 2. The van der Waals surface area contributed by atoms with Crippen LogP contribution in [0.15, 0.2) is 30.3 Å². The molecule has 3 rings (SSSR count). The second-order valence-electron chi connectivity index (χ2n) is 5.82. The van der Waals surface area contributed by atoms with Gasteiger partial charge in [0.25, 0.3) is 0 Å². The van der Waals surface area contributed by atoms with Crippen LogP contribution in [0.2, 0.25) is 0 Å². The van der Waals surface area contributed by atoms with Gasteiger partial charge in [-0.05, 0) is 24.4 Å². The lowest BCUT2D eigenvalue weighted by molar-refractivity contribution is 0.149. The quantitative estimate of drug-likeness (QED) is 0.803. The van der Waals surface area contributed by atoms with Gasteiger partial charge >= 0.3 is 0 Å². The predicted octanol–water partition coefficient (Wildman–Crippen LogP) is 1.84. The maximum Gasteiger partial charge on any atom is 0.0589 e. The largest absolute Gasteiger partial charge is 0.383 e. The maximum atomic E-state index is 5.19. The van der Waals surface area contributed by atoms with E-state index in [1.54, 1.807) is 7.11 Å². The number of methoxy groups -OCH3 is 1. The monoisotopic (exact) mass is 260 g/mol. The summed E-state index contributed by atoms with van der Waals surface area (Å²) < 4.78 is 5.19. The molecular weight excluding hydrogens is 236 g/mol. The van der Waals surface area contributed by atoms with Gasteiger partial charge in [-0.2, -0.15) is 0 Å². The van der Waals surface area contributed by atoms with E-state index in [9.17, 15) is 0 Å². The lowest BCUT2D eigenvalue weighted by Gasteiger charge is -2.24. The van der Waals surface area contributed by atoms with E-state index in [0.717, 1.165) is 31.7 Å². The Morgan fingerprint density at radius 2 is 2.05 bits per heavy atom. The number of rotatable bonds is 5. The first-order valence-electron chi connectivity index (χ1n) is 7.36. The highest BCUT2D eigenvalue weighted by atomic mass is 16.5. The molecule has 2 aliphatic heterocycles. The average Bonchev–Trinajstić information content (AvgIpc) is 2.99. The first kappa shape index (κ1) is 13.1. The Hall–Kier alpha value is -0.900. The van der Waals surface area contributed by atoms with Gasteiger partial charge in [0.1, 0.15) is 0 Å². The van der Waals surface area contributed by atoms with Gasteiger partial charge in [0, 0.05) is 39.3 Å². The molecule has 104 valence electrons. The van der Waals surface area contributed by atoms with Crippen molar-refractivity contribution in [1.82, 2.24) is 9.80 Å². The fourth-order valence-corrected chi connectivity index (χ4v) is 3.55. The summed E-state index contributed by atoms with van der Waals surface area (Å²) in [6.45, 7) is 6.81. The molecule has 2 heterocycles. The van der Waals surface area contributed by atoms with E-state index in [1.807, 2.05) is 0 Å². The van der Waals surface area contributed by atoms with E-state index in [4.69, 9.17) is 4.74 Å². The van der Waals surface area contributed by atoms with Crippen LogP contribution >= 0.6 is 0 Å². The second-order valence-corrected chi connectivity index (χ2v) is 5.82. The van der Waals surface area contributed by atoms with Crippen LogP contribution in [0, 0.1) is 5.92 Å². The van der Waals surface area contributed by atoms with Crippen LogP contribution in [0.3, 0.4) is 0 Å². The minimum atomic E-state index is 0.761. The van der Waals surface area contributed by atoms with Crippen LogP contribution in [-0.2, 0) is 11.3 Å². The van der Waals surface area contributed by atoms with Gasteiger partial charge in [0.2, 0.25) is 0 Å². The van der Waals surface area contributed by atoms with Crippen LogP contribution in [0.4, 0.5) is 0 Å². The summed E-state index contributed by atoms with van der Waals surface area (Å²) >= 11 is 0. The molecule has 19 heavy (non-hydrogen) atoms. The van der Waals surface area contributed by atoms with Crippen molar-refractivity contribution in [1.29, 1.82) is 0 Å². The van der Waals surface area contributed by atoms with Gasteiger partial charge in [-0.15, -0.1) is 0 Å². The number of fused-ring (bicyclic) bond motifs is 1. The summed E-state index contributed by atoms with van der Waals surface area (Å²) in [5.74, 6) is 0.876. The molecule has 1 aromatic rings. The number of likely N-dealkylation sites (tertiary alicyclic amines) is 2. The second kappa shape index (κ2) is 6.04. The summed E-state index contributed by atoms with van der Waals surface area (Å²) in [5.41, 5.74) is 1.44. The molecule has 0 aliphatic carbocycles. The predicted molar refractivity (Wildman–Crippen MR) is 77.1 cm³/mol. The van der Waals surface area contributed by atoms with Gasteiger partial charge in [-0.1, -0.05) is 30.3 Å². The molecule has 0 spiro atoms. The van der Waals surface area contributed by atoms with Gasteiger partial charge < -0.3 is 4.74 Å². The van der Waals surface area contributed by atoms with E-state index in [0.29, 0.717) is 0 Å². The number of hydrogen-bond donors (Lipinski definition) is 0. The molecule has 0 bridgehead atoms. The highest BCUT2D eigenvalue weighted by molar-refractivity contribution is 5.15. The van der Waals surface area contributed by atoms with Gasteiger partial charge in [-0.3, -0.25) is 9.80 Å². The zero-order valence-electron chi connectivity index (χ0n) is 11.8. The van der Waals surface area contributed by atoms with Crippen LogP contribution in [0.25, 0.3) is 0 Å². The van der Waals surface area contributed by atoms with Crippen molar-refractivity contribution in [2.45, 2.75) is 19.0 Å². The van der Waals surface area contributed by atoms with Gasteiger partial charge in [-0.25, -0.2) is 0 Å². The molecule has 0 aromatic heterocycles. The van der Waals surface area contributed by atoms with Crippen molar-refractivity contribution in [2.75, 3.05) is 39.9 Å². The zero-order valence-corrected chi connectivity index (χ0v) is 11.8. The standard InChI is InChI=1S/C16H24N2O/c1-19-10-9-17-12-15-7-8-18(16(15)13-17)11-14-5-3-2-4-6-14/h2-6,15-16H,7-13H2,1H3. The Morgan fingerprint density at radius 1 is 1.21 bits per heavy atom.